The number of aryl methyl sites for hydroxylation is 2. The van der Waals surface area contributed by atoms with E-state index in [2.05, 4.69) is 54.5 Å². The van der Waals surface area contributed by atoms with Crippen molar-refractivity contribution in [3.05, 3.63) is 40.8 Å². The Balaban J connectivity index is 0.00000392. The Hall–Kier alpha value is -1.84. The molecule has 2 rings (SSSR count). The van der Waals surface area contributed by atoms with Crippen molar-refractivity contribution in [3.63, 3.8) is 0 Å². The van der Waals surface area contributed by atoms with Crippen molar-refractivity contribution in [3.8, 4) is 0 Å². The number of pyridine rings is 1. The highest BCUT2D eigenvalue weighted by Gasteiger charge is 2.14. The van der Waals surface area contributed by atoms with Gasteiger partial charge in [-0.15, -0.1) is 24.0 Å². The largest absolute Gasteiger partial charge is 0.363 e. The summed E-state index contributed by atoms with van der Waals surface area (Å²) in [6.07, 6.45) is 2.74. The Morgan fingerprint density at radius 2 is 2.04 bits per heavy atom. The molecule has 7 nitrogen and oxygen atoms in total. The molecule has 0 radical (unpaired) electrons. The fraction of sp³-hybridized carbons (Fsp3) is 0.550. The number of hydrogen-bond donors (Lipinski definition) is 2. The summed E-state index contributed by atoms with van der Waals surface area (Å²) in [7, 11) is 5.97. The van der Waals surface area contributed by atoms with E-state index in [0.717, 1.165) is 36.0 Å². The maximum absolute atomic E-state index is 4.74. The van der Waals surface area contributed by atoms with Gasteiger partial charge in [0.1, 0.15) is 5.82 Å². The normalized spacial score (nSPS) is 12.3. The fourth-order valence-corrected chi connectivity index (χ4v) is 3.00. The van der Waals surface area contributed by atoms with E-state index in [1.165, 1.54) is 11.3 Å². The molecule has 8 heteroatoms. The molecule has 2 aromatic heterocycles. The Kier molecular flexibility index (Phi) is 9.71. The van der Waals surface area contributed by atoms with Crippen LogP contribution in [0.4, 0.5) is 5.82 Å². The summed E-state index contributed by atoms with van der Waals surface area (Å²) in [6.45, 7) is 9.87. The first-order valence-electron chi connectivity index (χ1n) is 9.48. The summed E-state index contributed by atoms with van der Waals surface area (Å²) in [4.78, 5) is 11.1. The Morgan fingerprint density at radius 1 is 1.32 bits per heavy atom. The molecule has 0 aliphatic rings. The first-order chi connectivity index (χ1) is 12.8. The van der Waals surface area contributed by atoms with Crippen molar-refractivity contribution >= 4 is 35.8 Å². The van der Waals surface area contributed by atoms with Gasteiger partial charge in [-0.25, -0.2) is 9.98 Å². The van der Waals surface area contributed by atoms with Gasteiger partial charge in [-0.3, -0.25) is 4.68 Å². The Bertz CT molecular complexity index is 783. The summed E-state index contributed by atoms with van der Waals surface area (Å²) >= 11 is 0. The molecule has 0 saturated heterocycles. The zero-order valence-corrected chi connectivity index (χ0v) is 20.4. The average Bonchev–Trinajstić information content (AvgIpc) is 2.86. The summed E-state index contributed by atoms with van der Waals surface area (Å²) in [6, 6.07) is 4.32. The highest BCUT2D eigenvalue weighted by atomic mass is 127. The van der Waals surface area contributed by atoms with Gasteiger partial charge in [0.25, 0.3) is 0 Å². The lowest BCUT2D eigenvalue weighted by atomic mass is 10.1. The molecule has 2 heterocycles. The van der Waals surface area contributed by atoms with E-state index in [9.17, 15) is 0 Å². The van der Waals surface area contributed by atoms with Gasteiger partial charge in [-0.2, -0.15) is 5.10 Å². The van der Waals surface area contributed by atoms with Crippen LogP contribution in [0.2, 0.25) is 0 Å². The van der Waals surface area contributed by atoms with Gasteiger partial charge in [-0.1, -0.05) is 0 Å². The highest BCUT2D eigenvalue weighted by Crippen LogP contribution is 2.14. The number of anilines is 1. The molecule has 0 aliphatic carbocycles. The van der Waals surface area contributed by atoms with Crippen LogP contribution in [0.5, 0.6) is 0 Å². The van der Waals surface area contributed by atoms with Crippen molar-refractivity contribution in [2.75, 3.05) is 25.5 Å². The lowest BCUT2D eigenvalue weighted by Crippen LogP contribution is -2.43. The molecule has 156 valence electrons. The Morgan fingerprint density at radius 3 is 2.61 bits per heavy atom. The van der Waals surface area contributed by atoms with Gasteiger partial charge in [0, 0.05) is 45.6 Å². The summed E-state index contributed by atoms with van der Waals surface area (Å²) < 4.78 is 1.95. The molecular weight excluding hydrogens is 465 g/mol. The summed E-state index contributed by atoms with van der Waals surface area (Å²) in [5.74, 6) is 1.77. The van der Waals surface area contributed by atoms with Crippen LogP contribution in [-0.2, 0) is 20.0 Å². The molecule has 0 aromatic carbocycles. The van der Waals surface area contributed by atoms with Gasteiger partial charge < -0.3 is 15.5 Å². The van der Waals surface area contributed by atoms with E-state index in [4.69, 9.17) is 4.99 Å². The fourth-order valence-electron chi connectivity index (χ4n) is 3.00. The molecule has 2 aromatic rings. The third kappa shape index (κ3) is 6.65. The van der Waals surface area contributed by atoms with Crippen LogP contribution in [0.3, 0.4) is 0 Å². The molecule has 28 heavy (non-hydrogen) atoms. The van der Waals surface area contributed by atoms with E-state index in [1.54, 1.807) is 0 Å². The van der Waals surface area contributed by atoms with Crippen molar-refractivity contribution < 1.29 is 0 Å². The third-order valence-corrected chi connectivity index (χ3v) is 4.58. The molecule has 0 saturated carbocycles. The van der Waals surface area contributed by atoms with Crippen LogP contribution < -0.4 is 15.5 Å². The molecule has 0 spiro atoms. The lowest BCUT2D eigenvalue weighted by Gasteiger charge is -2.18. The van der Waals surface area contributed by atoms with E-state index < -0.39 is 0 Å². The van der Waals surface area contributed by atoms with Crippen LogP contribution >= 0.6 is 24.0 Å². The minimum Gasteiger partial charge on any atom is -0.363 e. The van der Waals surface area contributed by atoms with Gasteiger partial charge in [0.2, 0.25) is 0 Å². The van der Waals surface area contributed by atoms with Crippen molar-refractivity contribution in [2.45, 2.75) is 46.7 Å². The van der Waals surface area contributed by atoms with E-state index >= 15 is 0 Å². The van der Waals surface area contributed by atoms with Crippen molar-refractivity contribution in [2.24, 2.45) is 12.0 Å². The van der Waals surface area contributed by atoms with Crippen LogP contribution in [-0.4, -0.2) is 47.4 Å². The first kappa shape index (κ1) is 24.2. The van der Waals surface area contributed by atoms with E-state index in [-0.39, 0.29) is 30.0 Å². The lowest BCUT2D eigenvalue weighted by molar-refractivity contribution is 0.635. The van der Waals surface area contributed by atoms with E-state index in [1.807, 2.05) is 43.0 Å². The molecule has 0 bridgehead atoms. The maximum Gasteiger partial charge on any atom is 0.191 e. The predicted molar refractivity (Wildman–Crippen MR) is 128 cm³/mol. The van der Waals surface area contributed by atoms with Crippen LogP contribution in [0.15, 0.2) is 23.3 Å². The summed E-state index contributed by atoms with van der Waals surface area (Å²) in [5.41, 5.74) is 4.75. The summed E-state index contributed by atoms with van der Waals surface area (Å²) in [5, 5.41) is 11.4. The third-order valence-electron chi connectivity index (χ3n) is 4.58. The second-order valence-electron chi connectivity index (χ2n) is 7.13. The van der Waals surface area contributed by atoms with Crippen molar-refractivity contribution in [1.82, 2.24) is 25.4 Å². The highest BCUT2D eigenvalue weighted by molar-refractivity contribution is 14.0. The van der Waals surface area contributed by atoms with Crippen molar-refractivity contribution in [1.29, 1.82) is 0 Å². The van der Waals surface area contributed by atoms with Gasteiger partial charge >= 0.3 is 0 Å². The predicted octanol–water partition coefficient (Wildman–Crippen LogP) is 2.80. The van der Waals surface area contributed by atoms with E-state index in [0.29, 0.717) is 6.54 Å². The molecule has 0 aliphatic heterocycles. The number of aromatic nitrogens is 3. The number of halogens is 1. The average molecular weight is 499 g/mol. The maximum atomic E-state index is 4.74. The zero-order valence-electron chi connectivity index (χ0n) is 18.1. The van der Waals surface area contributed by atoms with Gasteiger partial charge in [-0.05, 0) is 57.4 Å². The SMILES string of the molecule is CCNC(=NCc1ccnc(N(C)C)c1)NC(C)Cc1c(C)nn(C)c1C.I. The molecule has 0 amide bonds. The quantitative estimate of drug-likeness (QED) is 0.349. The first-order valence-corrected chi connectivity index (χ1v) is 9.48. The number of hydrogen-bond acceptors (Lipinski definition) is 4. The number of aliphatic imine (C=N–C) groups is 1. The second-order valence-corrected chi connectivity index (χ2v) is 7.13. The molecule has 1 atom stereocenters. The zero-order chi connectivity index (χ0) is 20.0. The number of nitrogens with one attached hydrogen (secondary N) is 2. The number of rotatable bonds is 7. The van der Waals surface area contributed by atoms with Crippen LogP contribution in [0.25, 0.3) is 0 Å². The topological polar surface area (TPSA) is 70.4 Å². The monoisotopic (exact) mass is 499 g/mol. The second kappa shape index (κ2) is 11.2. The van der Waals surface area contributed by atoms with Gasteiger partial charge in [0.05, 0.1) is 12.2 Å². The van der Waals surface area contributed by atoms with Crippen LogP contribution in [0.1, 0.15) is 36.4 Å². The molecular formula is C20H34IN7. The molecule has 2 N–H and O–H groups in total. The Labute approximate surface area is 186 Å². The minimum atomic E-state index is 0. The number of nitrogens with zero attached hydrogens (tertiary/aromatic N) is 5. The van der Waals surface area contributed by atoms with Gasteiger partial charge in [0.15, 0.2) is 5.96 Å². The minimum absolute atomic E-state index is 0. The molecule has 1 unspecified atom stereocenters. The standard InChI is InChI=1S/C20H33N7.HI/c1-8-21-20(23-13-17-9-10-22-19(12-17)26(5)6)24-14(2)11-18-15(3)25-27(7)16(18)4;/h9-10,12,14H,8,11,13H2,1-7H3,(H2,21,23,24);1H. The van der Waals surface area contributed by atoms with Crippen LogP contribution in [0, 0.1) is 13.8 Å². The number of guanidine groups is 1. The molecule has 0 fully saturated rings. The smallest absolute Gasteiger partial charge is 0.191 e.